The quantitative estimate of drug-likeness (QED) is 0.236. The van der Waals surface area contributed by atoms with Crippen LogP contribution >= 0.6 is 7.75 Å². The number of hydrogen-bond acceptors (Lipinski definition) is 10. The van der Waals surface area contributed by atoms with Crippen molar-refractivity contribution in [2.24, 2.45) is 5.92 Å². The summed E-state index contributed by atoms with van der Waals surface area (Å²) in [6.07, 6.45) is -0.378. The predicted molar refractivity (Wildman–Crippen MR) is 135 cm³/mol. The monoisotopic (exact) mass is 552 g/mol. The molecule has 0 aliphatic carbocycles. The third-order valence-electron chi connectivity index (χ3n) is 5.76. The molecule has 0 amide bonds. The van der Waals surface area contributed by atoms with Crippen LogP contribution in [-0.4, -0.2) is 57.0 Å². The molecule has 2 aromatic heterocycles. The third kappa shape index (κ3) is 6.38. The number of esters is 1. The highest BCUT2D eigenvalue weighted by Crippen LogP contribution is 2.46. The van der Waals surface area contributed by atoms with Crippen molar-refractivity contribution < 1.29 is 32.3 Å². The number of rotatable bonds is 11. The minimum atomic E-state index is -4.16. The Labute approximate surface area is 217 Å². The van der Waals surface area contributed by atoms with Crippen LogP contribution in [0.2, 0.25) is 0 Å². The molecule has 15 heteroatoms. The highest BCUT2D eigenvalue weighted by atomic mass is 31.2. The summed E-state index contributed by atoms with van der Waals surface area (Å²) in [6.45, 7) is 3.77. The molecule has 4 rings (SSSR count). The van der Waals surface area contributed by atoms with E-state index in [0.29, 0.717) is 0 Å². The van der Waals surface area contributed by atoms with Crippen molar-refractivity contribution in [3.05, 3.63) is 47.0 Å². The molecule has 0 spiro atoms. The summed E-state index contributed by atoms with van der Waals surface area (Å²) in [4.78, 5) is 35.0. The molecule has 1 aliphatic rings. The number of benzene rings is 1. The number of nitrogens with two attached hydrogens (primary N) is 1. The normalized spacial score (nSPS) is 21.9. The van der Waals surface area contributed by atoms with E-state index >= 15 is 0 Å². The Balaban J connectivity index is 1.51. The fourth-order valence-electron chi connectivity index (χ4n) is 3.96. The zero-order valence-corrected chi connectivity index (χ0v) is 22.0. The summed E-state index contributed by atoms with van der Waals surface area (Å²) >= 11 is 0. The number of alkyl halides is 1. The maximum Gasteiger partial charge on any atom is 0.459 e. The summed E-state index contributed by atoms with van der Waals surface area (Å²) in [6, 6.07) is 7.23. The van der Waals surface area contributed by atoms with E-state index in [-0.39, 0.29) is 42.0 Å². The predicted octanol–water partition coefficient (Wildman–Crippen LogP) is 2.71. The number of aromatic amines is 1. The summed E-state index contributed by atoms with van der Waals surface area (Å²) in [5.74, 6) is -1.14. The molecule has 3 aromatic rings. The fraction of sp³-hybridized carbons (Fsp3) is 0.478. The van der Waals surface area contributed by atoms with Crippen molar-refractivity contribution >= 4 is 30.8 Å². The minimum Gasteiger partial charge on any atom is -0.462 e. The number of H-pyrrole nitrogens is 1. The number of nitrogens with one attached hydrogen (secondary N) is 2. The molecule has 13 nitrogen and oxygen atoms in total. The number of fused-ring (bicyclic) bond motifs is 1. The van der Waals surface area contributed by atoms with Crippen LogP contribution in [0.15, 0.2) is 41.5 Å². The van der Waals surface area contributed by atoms with E-state index in [1.807, 2.05) is 0 Å². The molecule has 0 bridgehead atoms. The second-order valence-corrected chi connectivity index (χ2v) is 10.8. The Bertz CT molecular complexity index is 1370. The van der Waals surface area contributed by atoms with Crippen LogP contribution in [-0.2, 0) is 23.4 Å². The first-order valence-corrected chi connectivity index (χ1v) is 13.5. The Morgan fingerprint density at radius 2 is 2.08 bits per heavy atom. The summed E-state index contributed by atoms with van der Waals surface area (Å²) in [7, 11) is -4.16. The molecular weight excluding hydrogens is 522 g/mol. The van der Waals surface area contributed by atoms with Crippen molar-refractivity contribution in [1.29, 1.82) is 0 Å². The number of nitrogens with zero attached hydrogens (tertiary/aromatic N) is 3. The average molecular weight is 553 g/mol. The Hall–Kier alpha value is -3.32. The molecule has 206 valence electrons. The SMILES string of the molecule is CC(C)OC(=O)[C@H](C)NP(=O)(OC[C@H]1O[C@@H](n2cnc3c(=O)[nH]c(N)nc32)C[C@@H]1CF)Oc1ccccc1. The number of hydrogen-bond donors (Lipinski definition) is 3. The number of ether oxygens (including phenoxy) is 2. The van der Waals surface area contributed by atoms with E-state index in [4.69, 9.17) is 24.3 Å². The van der Waals surface area contributed by atoms with E-state index < -0.39 is 50.2 Å². The third-order valence-corrected chi connectivity index (χ3v) is 7.40. The minimum absolute atomic E-state index is 0.0616. The van der Waals surface area contributed by atoms with Crippen LogP contribution in [0.5, 0.6) is 5.75 Å². The van der Waals surface area contributed by atoms with Gasteiger partial charge in [0.15, 0.2) is 11.2 Å². The molecule has 1 unspecified atom stereocenters. The number of imidazole rings is 1. The van der Waals surface area contributed by atoms with Gasteiger partial charge in [-0.3, -0.25) is 28.1 Å². The topological polar surface area (TPSA) is 173 Å². The van der Waals surface area contributed by atoms with E-state index in [9.17, 15) is 18.5 Å². The molecule has 38 heavy (non-hydrogen) atoms. The highest BCUT2D eigenvalue weighted by Gasteiger charge is 2.40. The fourth-order valence-corrected chi connectivity index (χ4v) is 5.46. The molecule has 5 atom stereocenters. The van der Waals surface area contributed by atoms with Gasteiger partial charge >= 0.3 is 13.7 Å². The first-order chi connectivity index (χ1) is 18.1. The van der Waals surface area contributed by atoms with Crippen LogP contribution in [0.25, 0.3) is 11.2 Å². The first kappa shape index (κ1) is 27.7. The van der Waals surface area contributed by atoms with Gasteiger partial charge in [-0.05, 0) is 32.9 Å². The van der Waals surface area contributed by atoms with Crippen LogP contribution in [0.4, 0.5) is 10.3 Å². The summed E-state index contributed by atoms with van der Waals surface area (Å²) < 4.78 is 51.7. The zero-order chi connectivity index (χ0) is 27.4. The van der Waals surface area contributed by atoms with Gasteiger partial charge in [-0.25, -0.2) is 9.55 Å². The number of para-hydroxylation sites is 1. The number of nitrogen functional groups attached to an aromatic ring is 1. The highest BCUT2D eigenvalue weighted by molar-refractivity contribution is 7.52. The van der Waals surface area contributed by atoms with Crippen molar-refractivity contribution in [2.75, 3.05) is 19.0 Å². The van der Waals surface area contributed by atoms with Crippen molar-refractivity contribution in [3.63, 3.8) is 0 Å². The molecule has 3 heterocycles. The van der Waals surface area contributed by atoms with E-state index in [1.165, 1.54) is 17.8 Å². The largest absolute Gasteiger partial charge is 0.462 e. The van der Waals surface area contributed by atoms with Crippen molar-refractivity contribution in [1.82, 2.24) is 24.6 Å². The number of anilines is 1. The van der Waals surface area contributed by atoms with E-state index in [2.05, 4.69) is 20.0 Å². The van der Waals surface area contributed by atoms with Gasteiger partial charge in [-0.2, -0.15) is 10.1 Å². The van der Waals surface area contributed by atoms with Gasteiger partial charge in [0.05, 0.1) is 31.8 Å². The lowest BCUT2D eigenvalue weighted by Gasteiger charge is -2.25. The molecule has 1 aromatic carbocycles. The molecule has 1 saturated heterocycles. The first-order valence-electron chi connectivity index (χ1n) is 12.0. The van der Waals surface area contributed by atoms with Crippen molar-refractivity contribution in [2.45, 2.75) is 51.7 Å². The molecule has 4 N–H and O–H groups in total. The van der Waals surface area contributed by atoms with Crippen LogP contribution in [0, 0.1) is 5.92 Å². The van der Waals surface area contributed by atoms with Gasteiger partial charge in [0.2, 0.25) is 5.95 Å². The van der Waals surface area contributed by atoms with E-state index in [0.717, 1.165) is 0 Å². The van der Waals surface area contributed by atoms with Gasteiger partial charge < -0.3 is 19.7 Å². The van der Waals surface area contributed by atoms with E-state index in [1.54, 1.807) is 44.2 Å². The lowest BCUT2D eigenvalue weighted by atomic mass is 10.0. The van der Waals surface area contributed by atoms with Gasteiger partial charge in [0.25, 0.3) is 5.56 Å². The van der Waals surface area contributed by atoms with Gasteiger partial charge in [-0.15, -0.1) is 0 Å². The smallest absolute Gasteiger partial charge is 0.459 e. The van der Waals surface area contributed by atoms with Gasteiger partial charge in [-0.1, -0.05) is 18.2 Å². The van der Waals surface area contributed by atoms with Crippen LogP contribution < -0.4 is 20.9 Å². The second kappa shape index (κ2) is 11.6. The summed E-state index contributed by atoms with van der Waals surface area (Å²) in [5, 5.41) is 2.59. The number of aromatic nitrogens is 4. The lowest BCUT2D eigenvalue weighted by molar-refractivity contribution is -0.149. The molecule has 0 radical (unpaired) electrons. The Morgan fingerprint density at radius 3 is 2.76 bits per heavy atom. The number of carbonyl (C=O) groups is 1. The standard InChI is InChI=1S/C23H30FN6O7P/c1-13(2)35-22(32)14(3)29-38(33,37-16-7-5-4-6-8-16)34-11-17-15(10-24)9-18(36-17)30-12-26-19-20(30)27-23(25)28-21(19)31/h4-8,12-15,17-18H,9-11H2,1-3H3,(H,29,33)(H3,25,27,28,31)/t14-,15+,17+,18+,38?/m0/s1. The lowest BCUT2D eigenvalue weighted by Crippen LogP contribution is -2.37. The van der Waals surface area contributed by atoms with Gasteiger partial charge in [0, 0.05) is 12.3 Å². The van der Waals surface area contributed by atoms with Crippen LogP contribution in [0.3, 0.4) is 0 Å². The zero-order valence-electron chi connectivity index (χ0n) is 21.1. The second-order valence-electron chi connectivity index (χ2n) is 9.09. The maximum atomic E-state index is 14.0. The molecule has 1 aliphatic heterocycles. The van der Waals surface area contributed by atoms with Gasteiger partial charge in [0.1, 0.15) is 18.0 Å². The van der Waals surface area contributed by atoms with Crippen molar-refractivity contribution in [3.8, 4) is 5.75 Å². The van der Waals surface area contributed by atoms with Crippen LogP contribution in [0.1, 0.15) is 33.4 Å². The number of carbonyl (C=O) groups excluding carboxylic acids is 1. The number of halogens is 1. The molecular formula is C23H30FN6O7P. The molecule has 1 fully saturated rings. The summed E-state index contributed by atoms with van der Waals surface area (Å²) in [5.41, 5.74) is 5.40. The Morgan fingerprint density at radius 1 is 1.34 bits per heavy atom. The maximum absolute atomic E-state index is 14.0. The Kier molecular flexibility index (Phi) is 8.46. The molecule has 0 saturated carbocycles. The average Bonchev–Trinajstić information content (AvgIpc) is 3.47.